The van der Waals surface area contributed by atoms with E-state index in [9.17, 15) is 23.4 Å². The van der Waals surface area contributed by atoms with E-state index in [2.05, 4.69) is 5.10 Å². The Balaban J connectivity index is 2.00. The average molecular weight is 402 g/mol. The van der Waals surface area contributed by atoms with Gasteiger partial charge in [0.1, 0.15) is 0 Å². The smallest absolute Gasteiger partial charge is 0.392 e. The van der Waals surface area contributed by atoms with Crippen molar-refractivity contribution in [2.45, 2.75) is 44.7 Å². The molecule has 0 spiro atoms. The van der Waals surface area contributed by atoms with Crippen molar-refractivity contribution in [1.29, 1.82) is 0 Å². The molecule has 0 radical (unpaired) electrons. The molecule has 2 N–H and O–H groups in total. The minimum Gasteiger partial charge on any atom is -0.392 e. The van der Waals surface area contributed by atoms with Gasteiger partial charge in [-0.05, 0) is 55.2 Å². The second-order valence-electron chi connectivity index (χ2n) is 8.31. The molecule has 1 heterocycles. The number of halogens is 3. The van der Waals surface area contributed by atoms with E-state index < -0.39 is 18.4 Å². The molecule has 0 saturated carbocycles. The number of fused-ring (bicyclic) bond motifs is 3. The average Bonchev–Trinajstić information content (AvgIpc) is 3.24. The Morgan fingerprint density at radius 2 is 1.72 bits per heavy atom. The number of hydrogen-bond acceptors (Lipinski definition) is 3. The van der Waals surface area contributed by atoms with Gasteiger partial charge in [0.05, 0.1) is 18.3 Å². The topological polar surface area (TPSA) is 58.3 Å². The molecule has 1 aliphatic carbocycles. The summed E-state index contributed by atoms with van der Waals surface area (Å²) in [6.45, 7) is 5.44. The monoisotopic (exact) mass is 402 g/mol. The number of nitrogens with zero attached hydrogens (tertiary/aromatic N) is 2. The van der Waals surface area contributed by atoms with Crippen LogP contribution in [0.15, 0.2) is 48.8 Å². The molecule has 2 aromatic carbocycles. The number of benzene rings is 2. The second kappa shape index (κ2) is 6.18. The van der Waals surface area contributed by atoms with Crippen molar-refractivity contribution >= 4 is 0 Å². The highest BCUT2D eigenvalue weighted by molar-refractivity contribution is 5.86. The summed E-state index contributed by atoms with van der Waals surface area (Å²) >= 11 is 0. The molecule has 152 valence electrons. The zero-order valence-electron chi connectivity index (χ0n) is 16.2. The highest BCUT2D eigenvalue weighted by Gasteiger charge is 2.61. The van der Waals surface area contributed by atoms with Gasteiger partial charge in [0, 0.05) is 22.9 Å². The first-order valence-electron chi connectivity index (χ1n) is 9.21. The molecule has 7 heteroatoms. The summed E-state index contributed by atoms with van der Waals surface area (Å²) < 4.78 is 44.0. The van der Waals surface area contributed by atoms with Crippen LogP contribution in [0.4, 0.5) is 13.2 Å². The molecule has 1 aliphatic rings. The van der Waals surface area contributed by atoms with Crippen molar-refractivity contribution in [3.8, 4) is 22.3 Å². The lowest BCUT2D eigenvalue weighted by molar-refractivity contribution is -0.246. The summed E-state index contributed by atoms with van der Waals surface area (Å²) in [5.41, 5.74) is -2.02. The summed E-state index contributed by atoms with van der Waals surface area (Å²) in [6.07, 6.45) is -1.60. The zero-order valence-corrected chi connectivity index (χ0v) is 16.2. The maximum atomic E-state index is 14.1. The molecule has 0 amide bonds. The summed E-state index contributed by atoms with van der Waals surface area (Å²) in [5, 5.41) is 25.2. The van der Waals surface area contributed by atoms with Crippen molar-refractivity contribution in [3.05, 3.63) is 65.5 Å². The van der Waals surface area contributed by atoms with E-state index in [-0.39, 0.29) is 27.8 Å². The zero-order chi connectivity index (χ0) is 21.2. The Kier molecular flexibility index (Phi) is 4.19. The SMILES string of the molecule is CC(C)(C)n1cc(-c2cc(CO)c3c(c2)C(O)(C(F)(F)F)c2ccccc2-3)cn1. The first-order chi connectivity index (χ1) is 13.5. The molecule has 4 rings (SSSR count). The van der Waals surface area contributed by atoms with Gasteiger partial charge < -0.3 is 10.2 Å². The van der Waals surface area contributed by atoms with Gasteiger partial charge in [-0.25, -0.2) is 0 Å². The highest BCUT2D eigenvalue weighted by Crippen LogP contribution is 2.56. The predicted molar refractivity (Wildman–Crippen MR) is 103 cm³/mol. The standard InChI is InChI=1S/C22H21F3N2O2/c1-20(2,3)27-11-15(10-26-27)13-8-14(12-28)19-16-6-4-5-7-17(16)21(29,18(19)9-13)22(23,24)25/h4-11,28-29H,12H2,1-3H3. The third-order valence-electron chi connectivity index (χ3n) is 5.38. The first kappa shape index (κ1) is 19.7. The second-order valence-corrected chi connectivity index (χ2v) is 8.31. The van der Waals surface area contributed by atoms with Crippen LogP contribution in [0.1, 0.15) is 37.5 Å². The number of rotatable bonds is 2. The fourth-order valence-electron chi connectivity index (χ4n) is 3.90. The van der Waals surface area contributed by atoms with Gasteiger partial charge in [-0.1, -0.05) is 24.3 Å². The number of hydrogen-bond donors (Lipinski definition) is 2. The fourth-order valence-corrected chi connectivity index (χ4v) is 3.90. The molecule has 0 fully saturated rings. The highest BCUT2D eigenvalue weighted by atomic mass is 19.4. The van der Waals surface area contributed by atoms with Crippen molar-refractivity contribution < 1.29 is 23.4 Å². The molecule has 29 heavy (non-hydrogen) atoms. The molecule has 1 unspecified atom stereocenters. The number of alkyl halides is 3. The van der Waals surface area contributed by atoms with Gasteiger partial charge in [0.2, 0.25) is 5.60 Å². The molecule has 0 aliphatic heterocycles. The van der Waals surface area contributed by atoms with E-state index in [1.165, 1.54) is 24.3 Å². The summed E-state index contributed by atoms with van der Waals surface area (Å²) in [7, 11) is 0. The quantitative estimate of drug-likeness (QED) is 0.660. The number of aliphatic hydroxyl groups is 2. The van der Waals surface area contributed by atoms with E-state index in [0.717, 1.165) is 0 Å². The molecule has 1 aromatic heterocycles. The number of aromatic nitrogens is 2. The normalized spacial score (nSPS) is 18.6. The van der Waals surface area contributed by atoms with Crippen molar-refractivity contribution in [3.63, 3.8) is 0 Å². The van der Waals surface area contributed by atoms with Gasteiger partial charge in [0.15, 0.2) is 0 Å². The molecular formula is C22H21F3N2O2. The van der Waals surface area contributed by atoms with Gasteiger partial charge in [0.25, 0.3) is 0 Å². The third kappa shape index (κ3) is 2.80. The van der Waals surface area contributed by atoms with Crippen LogP contribution in [0, 0.1) is 0 Å². The molecule has 0 saturated heterocycles. The van der Waals surface area contributed by atoms with Crippen LogP contribution < -0.4 is 0 Å². The minimum absolute atomic E-state index is 0.222. The third-order valence-corrected chi connectivity index (χ3v) is 5.38. The van der Waals surface area contributed by atoms with E-state index >= 15 is 0 Å². The maximum absolute atomic E-state index is 14.1. The fraction of sp³-hybridized carbons (Fsp3) is 0.318. The lowest BCUT2D eigenvalue weighted by Gasteiger charge is -2.28. The Hall–Kier alpha value is -2.64. The molecular weight excluding hydrogens is 381 g/mol. The van der Waals surface area contributed by atoms with Crippen LogP contribution in [0.25, 0.3) is 22.3 Å². The largest absolute Gasteiger partial charge is 0.425 e. The maximum Gasteiger partial charge on any atom is 0.425 e. The van der Waals surface area contributed by atoms with E-state index in [4.69, 9.17) is 0 Å². The van der Waals surface area contributed by atoms with Gasteiger partial charge >= 0.3 is 6.18 Å². The van der Waals surface area contributed by atoms with Crippen molar-refractivity contribution in [2.75, 3.05) is 0 Å². The minimum atomic E-state index is -4.92. The summed E-state index contributed by atoms with van der Waals surface area (Å²) in [5.74, 6) is 0. The van der Waals surface area contributed by atoms with Crippen LogP contribution in [-0.4, -0.2) is 26.2 Å². The van der Waals surface area contributed by atoms with Crippen molar-refractivity contribution in [2.24, 2.45) is 0 Å². The van der Waals surface area contributed by atoms with E-state index in [1.807, 2.05) is 20.8 Å². The van der Waals surface area contributed by atoms with Crippen LogP contribution in [-0.2, 0) is 17.7 Å². The molecule has 1 atom stereocenters. The molecule has 0 bridgehead atoms. The van der Waals surface area contributed by atoms with Crippen LogP contribution in [0.2, 0.25) is 0 Å². The van der Waals surface area contributed by atoms with E-state index in [1.54, 1.807) is 29.2 Å². The predicted octanol–water partition coefficient (Wildman–Crippen LogP) is 4.58. The number of aliphatic hydroxyl groups excluding tert-OH is 1. The van der Waals surface area contributed by atoms with Crippen LogP contribution >= 0.6 is 0 Å². The van der Waals surface area contributed by atoms with Crippen LogP contribution in [0.5, 0.6) is 0 Å². The Morgan fingerprint density at radius 3 is 2.31 bits per heavy atom. The lowest BCUT2D eigenvalue weighted by atomic mass is 9.88. The Bertz CT molecular complexity index is 1100. The van der Waals surface area contributed by atoms with Gasteiger partial charge in [-0.15, -0.1) is 0 Å². The van der Waals surface area contributed by atoms with Crippen LogP contribution in [0.3, 0.4) is 0 Å². The lowest BCUT2D eigenvalue weighted by Crippen LogP contribution is -2.41. The Morgan fingerprint density at radius 1 is 1.03 bits per heavy atom. The van der Waals surface area contributed by atoms with Gasteiger partial charge in [-0.3, -0.25) is 4.68 Å². The summed E-state index contributed by atoms with van der Waals surface area (Å²) in [4.78, 5) is 0. The van der Waals surface area contributed by atoms with E-state index in [0.29, 0.717) is 16.7 Å². The first-order valence-corrected chi connectivity index (χ1v) is 9.21. The molecule has 3 aromatic rings. The molecule has 4 nitrogen and oxygen atoms in total. The Labute approximate surface area is 166 Å². The summed E-state index contributed by atoms with van der Waals surface area (Å²) in [6, 6.07) is 8.91. The van der Waals surface area contributed by atoms with Crippen molar-refractivity contribution in [1.82, 2.24) is 9.78 Å². The van der Waals surface area contributed by atoms with Gasteiger partial charge in [-0.2, -0.15) is 18.3 Å².